The molecule has 0 aromatic heterocycles. The van der Waals surface area contributed by atoms with Gasteiger partial charge >= 0.3 is 5.97 Å². The van der Waals surface area contributed by atoms with Gasteiger partial charge in [0.1, 0.15) is 0 Å². The van der Waals surface area contributed by atoms with E-state index in [1.54, 1.807) is 0 Å². The minimum atomic E-state index is -0.496. The molecule has 0 radical (unpaired) electrons. The maximum Gasteiger partial charge on any atom is 0.312 e. The Morgan fingerprint density at radius 2 is 1.89 bits per heavy atom. The molecule has 0 spiro atoms. The van der Waals surface area contributed by atoms with Crippen LogP contribution < -0.4 is 5.32 Å². The molecule has 0 aliphatic rings. The van der Waals surface area contributed by atoms with Crippen LogP contribution in [0.4, 0.5) is 0 Å². The Bertz CT molecular complexity index is 379. The zero-order valence-electron chi connectivity index (χ0n) is 10.8. The molecular formula is C13H19BrClNO2. The molecule has 0 saturated heterocycles. The highest BCUT2D eigenvalue weighted by molar-refractivity contribution is 9.10. The fraction of sp³-hybridized carbons (Fsp3) is 0.462. The predicted octanol–water partition coefficient (Wildman–Crippen LogP) is 3.16. The van der Waals surface area contributed by atoms with Crippen molar-refractivity contribution in [2.24, 2.45) is 5.41 Å². The van der Waals surface area contributed by atoms with Gasteiger partial charge in [0.15, 0.2) is 0 Å². The third kappa shape index (κ3) is 5.38. The van der Waals surface area contributed by atoms with Gasteiger partial charge in [-0.05, 0) is 31.5 Å². The van der Waals surface area contributed by atoms with Gasteiger partial charge in [0.25, 0.3) is 0 Å². The summed E-state index contributed by atoms with van der Waals surface area (Å²) in [7, 11) is 1.42. The number of carbonyl (C=O) groups excluding carboxylic acids is 1. The largest absolute Gasteiger partial charge is 0.469 e. The summed E-state index contributed by atoms with van der Waals surface area (Å²) in [5.41, 5.74) is 0.693. The summed E-state index contributed by atoms with van der Waals surface area (Å²) < 4.78 is 5.81. The molecule has 5 heteroatoms. The fourth-order valence-electron chi connectivity index (χ4n) is 1.47. The van der Waals surface area contributed by atoms with Crippen LogP contribution in [0.1, 0.15) is 19.4 Å². The van der Waals surface area contributed by atoms with E-state index in [-0.39, 0.29) is 18.4 Å². The van der Waals surface area contributed by atoms with E-state index < -0.39 is 5.41 Å². The highest BCUT2D eigenvalue weighted by Gasteiger charge is 2.27. The molecular weight excluding hydrogens is 318 g/mol. The van der Waals surface area contributed by atoms with Crippen molar-refractivity contribution in [3.63, 3.8) is 0 Å². The second kappa shape index (κ2) is 7.77. The molecule has 0 bridgehead atoms. The Morgan fingerprint density at radius 1 is 1.33 bits per heavy atom. The number of halogens is 2. The first-order valence-electron chi connectivity index (χ1n) is 5.49. The van der Waals surface area contributed by atoms with E-state index in [2.05, 4.69) is 21.2 Å². The average molecular weight is 337 g/mol. The number of hydrogen-bond donors (Lipinski definition) is 1. The van der Waals surface area contributed by atoms with Crippen molar-refractivity contribution in [3.8, 4) is 0 Å². The van der Waals surface area contributed by atoms with Gasteiger partial charge in [0, 0.05) is 17.6 Å². The lowest BCUT2D eigenvalue weighted by molar-refractivity contribution is -0.150. The van der Waals surface area contributed by atoms with E-state index in [0.717, 1.165) is 11.0 Å². The van der Waals surface area contributed by atoms with Crippen molar-refractivity contribution in [2.45, 2.75) is 20.4 Å². The van der Waals surface area contributed by atoms with E-state index in [4.69, 9.17) is 4.74 Å². The second-order valence-corrected chi connectivity index (χ2v) is 5.52. The molecule has 0 unspecified atom stereocenters. The third-order valence-electron chi connectivity index (χ3n) is 2.55. The highest BCUT2D eigenvalue weighted by atomic mass is 79.9. The van der Waals surface area contributed by atoms with E-state index in [1.165, 1.54) is 12.7 Å². The summed E-state index contributed by atoms with van der Waals surface area (Å²) in [5.74, 6) is -0.194. The first kappa shape index (κ1) is 17.4. The Kier molecular flexibility index (Phi) is 7.52. The van der Waals surface area contributed by atoms with Gasteiger partial charge in [0.05, 0.1) is 12.5 Å². The molecule has 3 nitrogen and oxygen atoms in total. The SMILES string of the molecule is COC(=O)C(C)(C)CNCc1ccc(Br)cc1.Cl. The highest BCUT2D eigenvalue weighted by Crippen LogP contribution is 2.16. The lowest BCUT2D eigenvalue weighted by Gasteiger charge is -2.21. The monoisotopic (exact) mass is 335 g/mol. The van der Waals surface area contributed by atoms with Crippen LogP contribution in [0.25, 0.3) is 0 Å². The molecule has 1 aromatic carbocycles. The molecule has 1 aromatic rings. The van der Waals surface area contributed by atoms with Crippen molar-refractivity contribution in [1.29, 1.82) is 0 Å². The minimum absolute atomic E-state index is 0. The lowest BCUT2D eigenvalue weighted by Crippen LogP contribution is -2.36. The van der Waals surface area contributed by atoms with Crippen LogP contribution >= 0.6 is 28.3 Å². The summed E-state index contributed by atoms with van der Waals surface area (Å²) >= 11 is 3.39. The summed E-state index contributed by atoms with van der Waals surface area (Å²) in [6.45, 7) is 5.07. The average Bonchev–Trinajstić information content (AvgIpc) is 2.30. The topological polar surface area (TPSA) is 38.3 Å². The molecule has 0 saturated carbocycles. The van der Waals surface area contributed by atoms with E-state index in [0.29, 0.717) is 6.54 Å². The smallest absolute Gasteiger partial charge is 0.312 e. The van der Waals surface area contributed by atoms with Crippen molar-refractivity contribution >= 4 is 34.3 Å². The van der Waals surface area contributed by atoms with Gasteiger partial charge < -0.3 is 10.1 Å². The molecule has 0 amide bonds. The van der Waals surface area contributed by atoms with E-state index in [9.17, 15) is 4.79 Å². The Morgan fingerprint density at radius 3 is 2.39 bits per heavy atom. The minimum Gasteiger partial charge on any atom is -0.469 e. The quantitative estimate of drug-likeness (QED) is 0.839. The van der Waals surface area contributed by atoms with Crippen molar-refractivity contribution < 1.29 is 9.53 Å². The molecule has 0 heterocycles. The Balaban J connectivity index is 0.00000289. The number of benzene rings is 1. The molecule has 0 aliphatic carbocycles. The number of carbonyl (C=O) groups is 1. The van der Waals surface area contributed by atoms with Crippen LogP contribution in [-0.4, -0.2) is 19.6 Å². The summed E-state index contributed by atoms with van der Waals surface area (Å²) in [6.07, 6.45) is 0. The zero-order chi connectivity index (χ0) is 12.9. The van der Waals surface area contributed by atoms with Crippen LogP contribution in [0, 0.1) is 5.41 Å². The van der Waals surface area contributed by atoms with Crippen LogP contribution in [0.15, 0.2) is 28.7 Å². The zero-order valence-corrected chi connectivity index (χ0v) is 13.2. The Labute approximate surface area is 123 Å². The van der Waals surface area contributed by atoms with Gasteiger partial charge in [-0.15, -0.1) is 12.4 Å². The van der Waals surface area contributed by atoms with Crippen LogP contribution in [0.2, 0.25) is 0 Å². The van der Waals surface area contributed by atoms with Crippen LogP contribution in [0.3, 0.4) is 0 Å². The normalized spacial score (nSPS) is 10.7. The molecule has 102 valence electrons. The molecule has 1 rings (SSSR count). The van der Waals surface area contributed by atoms with Crippen molar-refractivity contribution in [3.05, 3.63) is 34.3 Å². The maximum atomic E-state index is 11.5. The fourth-order valence-corrected chi connectivity index (χ4v) is 1.73. The van der Waals surface area contributed by atoms with Gasteiger partial charge in [-0.3, -0.25) is 4.79 Å². The molecule has 1 N–H and O–H groups in total. The molecule has 0 fully saturated rings. The predicted molar refractivity (Wildman–Crippen MR) is 78.9 cm³/mol. The number of hydrogen-bond acceptors (Lipinski definition) is 3. The van der Waals surface area contributed by atoms with Gasteiger partial charge in [-0.25, -0.2) is 0 Å². The molecule has 18 heavy (non-hydrogen) atoms. The van der Waals surface area contributed by atoms with Gasteiger partial charge in [0.2, 0.25) is 0 Å². The van der Waals surface area contributed by atoms with E-state index >= 15 is 0 Å². The molecule has 0 aliphatic heterocycles. The second-order valence-electron chi connectivity index (χ2n) is 4.61. The van der Waals surface area contributed by atoms with Crippen LogP contribution in [-0.2, 0) is 16.1 Å². The van der Waals surface area contributed by atoms with E-state index in [1.807, 2.05) is 38.1 Å². The summed E-state index contributed by atoms with van der Waals surface area (Å²) in [5, 5.41) is 3.26. The summed E-state index contributed by atoms with van der Waals surface area (Å²) in [6, 6.07) is 8.09. The maximum absolute atomic E-state index is 11.5. The lowest BCUT2D eigenvalue weighted by atomic mass is 9.94. The van der Waals surface area contributed by atoms with Crippen LogP contribution in [0.5, 0.6) is 0 Å². The van der Waals surface area contributed by atoms with Gasteiger partial charge in [-0.2, -0.15) is 0 Å². The number of nitrogens with one attached hydrogen (secondary N) is 1. The number of ether oxygens (including phenoxy) is 1. The first-order valence-corrected chi connectivity index (χ1v) is 6.28. The van der Waals surface area contributed by atoms with Gasteiger partial charge in [-0.1, -0.05) is 28.1 Å². The Hall–Kier alpha value is -0.580. The number of esters is 1. The summed E-state index contributed by atoms with van der Waals surface area (Å²) in [4.78, 5) is 11.5. The number of rotatable bonds is 5. The molecule has 0 atom stereocenters. The number of methoxy groups -OCH3 is 1. The third-order valence-corrected chi connectivity index (χ3v) is 3.08. The standard InChI is InChI=1S/C13H18BrNO2.ClH/c1-13(2,12(16)17-3)9-15-8-10-4-6-11(14)7-5-10;/h4-7,15H,8-9H2,1-3H3;1H. The van der Waals surface area contributed by atoms with Crippen molar-refractivity contribution in [2.75, 3.05) is 13.7 Å². The van der Waals surface area contributed by atoms with Crippen molar-refractivity contribution in [1.82, 2.24) is 5.32 Å². The first-order chi connectivity index (χ1) is 7.95.